The fourth-order valence-corrected chi connectivity index (χ4v) is 4.30. The first-order valence-electron chi connectivity index (χ1n) is 10.0. The molecule has 0 unspecified atom stereocenters. The van der Waals surface area contributed by atoms with Gasteiger partial charge in [-0.3, -0.25) is 9.59 Å². The van der Waals surface area contributed by atoms with Crippen molar-refractivity contribution < 1.29 is 9.59 Å². The molecule has 0 saturated heterocycles. The molecule has 150 valence electrons. The molecule has 0 aliphatic rings. The van der Waals surface area contributed by atoms with Gasteiger partial charge in [0.2, 0.25) is 11.8 Å². The number of fused-ring (bicyclic) bond motifs is 2. The van der Waals surface area contributed by atoms with Crippen LogP contribution in [0.3, 0.4) is 0 Å². The molecule has 2 atom stereocenters. The molecule has 4 rings (SSSR count). The van der Waals surface area contributed by atoms with Gasteiger partial charge in [0.25, 0.3) is 0 Å². The zero-order chi connectivity index (χ0) is 21.1. The van der Waals surface area contributed by atoms with E-state index in [-0.39, 0.29) is 11.8 Å². The van der Waals surface area contributed by atoms with E-state index in [0.29, 0.717) is 0 Å². The summed E-state index contributed by atoms with van der Waals surface area (Å²) < 4.78 is 0. The lowest BCUT2D eigenvalue weighted by atomic mass is 9.77. The number of nitrogens with one attached hydrogen (secondary N) is 2. The molecule has 30 heavy (non-hydrogen) atoms. The van der Waals surface area contributed by atoms with E-state index in [1.807, 2.05) is 84.9 Å². The highest BCUT2D eigenvalue weighted by molar-refractivity contribution is 6.01. The van der Waals surface area contributed by atoms with Gasteiger partial charge in [-0.1, -0.05) is 84.9 Å². The van der Waals surface area contributed by atoms with Crippen LogP contribution in [0.1, 0.15) is 23.0 Å². The Balaban J connectivity index is 2.01. The number of carbonyl (C=O) groups is 2. The second kappa shape index (κ2) is 8.37. The van der Waals surface area contributed by atoms with E-state index in [9.17, 15) is 9.59 Å². The summed E-state index contributed by atoms with van der Waals surface area (Å²) in [6, 6.07) is 27.7. The van der Waals surface area contributed by atoms with Crippen molar-refractivity contribution in [2.45, 2.75) is 11.8 Å². The van der Waals surface area contributed by atoms with Gasteiger partial charge >= 0.3 is 0 Å². The standard InChI is InChI=1S/C26H24N2O2/c1-27-25(29)23(21-15-7-11-17-9-3-5-13-19(17)21)24(26(30)28-2)22-16-8-12-18-10-4-6-14-20(18)22/h3-16,23-24H,1-2H3,(H,27,29)(H,28,30)/t23-,24-/m0/s1. The van der Waals surface area contributed by atoms with Crippen molar-refractivity contribution in [3.8, 4) is 0 Å². The summed E-state index contributed by atoms with van der Waals surface area (Å²) in [7, 11) is 3.23. The average molecular weight is 396 g/mol. The van der Waals surface area contributed by atoms with Gasteiger partial charge in [-0.05, 0) is 32.7 Å². The molecule has 0 radical (unpaired) electrons. The number of hydrogen-bond donors (Lipinski definition) is 2. The SMILES string of the molecule is CNC(=O)[C@@H](c1cccc2ccccc12)[C@@H](C(=O)NC)c1cccc2ccccc12. The Hall–Kier alpha value is -3.66. The topological polar surface area (TPSA) is 58.2 Å². The lowest BCUT2D eigenvalue weighted by molar-refractivity contribution is -0.128. The summed E-state index contributed by atoms with van der Waals surface area (Å²) in [5, 5.41) is 9.60. The minimum absolute atomic E-state index is 0.187. The van der Waals surface area contributed by atoms with Gasteiger partial charge in [-0.15, -0.1) is 0 Å². The molecule has 0 saturated carbocycles. The quantitative estimate of drug-likeness (QED) is 0.527. The summed E-state index contributed by atoms with van der Waals surface area (Å²) >= 11 is 0. The van der Waals surface area contributed by atoms with Crippen LogP contribution in [0.5, 0.6) is 0 Å². The zero-order valence-electron chi connectivity index (χ0n) is 17.1. The molecule has 4 heteroatoms. The Morgan fingerprint density at radius 2 is 0.933 bits per heavy atom. The number of carbonyl (C=O) groups excluding carboxylic acids is 2. The highest BCUT2D eigenvalue weighted by Gasteiger charge is 2.37. The van der Waals surface area contributed by atoms with Crippen LogP contribution in [0, 0.1) is 0 Å². The number of amides is 2. The molecule has 0 bridgehead atoms. The molecule has 4 aromatic rings. The summed E-state index contributed by atoms with van der Waals surface area (Å²) in [6.07, 6.45) is 0. The Kier molecular flexibility index (Phi) is 5.48. The molecule has 2 amide bonds. The van der Waals surface area contributed by atoms with E-state index >= 15 is 0 Å². The molecule has 0 aliphatic heterocycles. The second-order valence-corrected chi connectivity index (χ2v) is 7.32. The van der Waals surface area contributed by atoms with E-state index in [0.717, 1.165) is 32.7 Å². The van der Waals surface area contributed by atoms with Crippen molar-refractivity contribution in [1.82, 2.24) is 10.6 Å². The lowest BCUT2D eigenvalue weighted by Crippen LogP contribution is -2.37. The average Bonchev–Trinajstić information content (AvgIpc) is 2.81. The van der Waals surface area contributed by atoms with E-state index in [1.165, 1.54) is 0 Å². The molecule has 2 N–H and O–H groups in total. The maximum absolute atomic E-state index is 13.2. The monoisotopic (exact) mass is 396 g/mol. The predicted octanol–water partition coefficient (Wildman–Crippen LogP) is 4.35. The normalized spacial score (nSPS) is 13.0. The van der Waals surface area contributed by atoms with Gasteiger partial charge in [0.1, 0.15) is 0 Å². The van der Waals surface area contributed by atoms with Gasteiger partial charge in [0.15, 0.2) is 0 Å². The molecule has 0 aliphatic carbocycles. The molecule has 4 aromatic carbocycles. The van der Waals surface area contributed by atoms with Crippen LogP contribution in [-0.2, 0) is 9.59 Å². The van der Waals surface area contributed by atoms with Crippen molar-refractivity contribution in [1.29, 1.82) is 0 Å². The van der Waals surface area contributed by atoms with Gasteiger partial charge < -0.3 is 10.6 Å². The molecule has 0 fully saturated rings. The van der Waals surface area contributed by atoms with Gasteiger partial charge in [0, 0.05) is 14.1 Å². The van der Waals surface area contributed by atoms with Crippen molar-refractivity contribution in [2.24, 2.45) is 0 Å². The molecule has 0 spiro atoms. The minimum Gasteiger partial charge on any atom is -0.359 e. The Labute approximate surface area is 175 Å². The summed E-state index contributed by atoms with van der Waals surface area (Å²) in [4.78, 5) is 26.5. The molecular weight excluding hydrogens is 372 g/mol. The van der Waals surface area contributed by atoms with E-state index in [4.69, 9.17) is 0 Å². The Morgan fingerprint density at radius 1 is 0.567 bits per heavy atom. The van der Waals surface area contributed by atoms with Crippen LogP contribution in [-0.4, -0.2) is 25.9 Å². The molecule has 4 nitrogen and oxygen atoms in total. The van der Waals surface area contributed by atoms with Crippen molar-refractivity contribution in [3.05, 3.63) is 96.1 Å². The van der Waals surface area contributed by atoms with Crippen LogP contribution in [0.4, 0.5) is 0 Å². The summed E-state index contributed by atoms with van der Waals surface area (Å²) in [5.41, 5.74) is 1.68. The maximum atomic E-state index is 13.2. The summed E-state index contributed by atoms with van der Waals surface area (Å²) in [5.74, 6) is -1.72. The van der Waals surface area contributed by atoms with Crippen molar-refractivity contribution in [2.75, 3.05) is 14.1 Å². The van der Waals surface area contributed by atoms with Gasteiger partial charge in [-0.25, -0.2) is 0 Å². The van der Waals surface area contributed by atoms with Crippen LogP contribution in [0.15, 0.2) is 84.9 Å². The smallest absolute Gasteiger partial charge is 0.228 e. The van der Waals surface area contributed by atoms with Crippen LogP contribution < -0.4 is 10.6 Å². The second-order valence-electron chi connectivity index (χ2n) is 7.32. The third kappa shape index (κ3) is 3.41. The predicted molar refractivity (Wildman–Crippen MR) is 122 cm³/mol. The van der Waals surface area contributed by atoms with Crippen molar-refractivity contribution in [3.63, 3.8) is 0 Å². The lowest BCUT2D eigenvalue weighted by Gasteiger charge is -2.27. The van der Waals surface area contributed by atoms with Crippen LogP contribution in [0.2, 0.25) is 0 Å². The Morgan fingerprint density at radius 3 is 1.33 bits per heavy atom. The number of hydrogen-bond acceptors (Lipinski definition) is 2. The third-order valence-electron chi connectivity index (χ3n) is 5.71. The van der Waals surface area contributed by atoms with E-state index in [1.54, 1.807) is 14.1 Å². The first kappa shape index (κ1) is 19.6. The number of rotatable bonds is 5. The fourth-order valence-electron chi connectivity index (χ4n) is 4.30. The number of benzene rings is 4. The zero-order valence-corrected chi connectivity index (χ0v) is 17.1. The largest absolute Gasteiger partial charge is 0.359 e. The number of likely N-dealkylation sites (N-methyl/N-ethyl adjacent to an activating group) is 2. The third-order valence-corrected chi connectivity index (χ3v) is 5.71. The highest BCUT2D eigenvalue weighted by Crippen LogP contribution is 2.39. The van der Waals surface area contributed by atoms with E-state index < -0.39 is 11.8 Å². The first-order valence-corrected chi connectivity index (χ1v) is 10.0. The highest BCUT2D eigenvalue weighted by atomic mass is 16.2. The fraction of sp³-hybridized carbons (Fsp3) is 0.154. The van der Waals surface area contributed by atoms with Crippen molar-refractivity contribution >= 4 is 33.4 Å². The summed E-state index contributed by atoms with van der Waals surface area (Å²) in [6.45, 7) is 0. The van der Waals surface area contributed by atoms with Crippen LogP contribution in [0.25, 0.3) is 21.5 Å². The maximum Gasteiger partial charge on any atom is 0.228 e. The van der Waals surface area contributed by atoms with Crippen LogP contribution >= 0.6 is 0 Å². The molecular formula is C26H24N2O2. The van der Waals surface area contributed by atoms with E-state index in [2.05, 4.69) is 10.6 Å². The molecule has 0 aromatic heterocycles. The van der Waals surface area contributed by atoms with Gasteiger partial charge in [-0.2, -0.15) is 0 Å². The molecule has 0 heterocycles. The Bertz CT molecular complexity index is 1120. The minimum atomic E-state index is -0.674. The first-order chi connectivity index (χ1) is 14.7. The van der Waals surface area contributed by atoms with Gasteiger partial charge in [0.05, 0.1) is 11.8 Å².